The Hall–Kier alpha value is 0.0600. The number of rotatable bonds is 1. The van der Waals surface area contributed by atoms with Crippen molar-refractivity contribution in [2.75, 3.05) is 13.3 Å². The van der Waals surface area contributed by atoms with Gasteiger partial charge in [0, 0.05) is 4.88 Å². The molecule has 0 unspecified atom stereocenters. The van der Waals surface area contributed by atoms with Crippen molar-refractivity contribution in [1.82, 2.24) is 4.98 Å². The Morgan fingerprint density at radius 3 is 2.44 bits per heavy atom. The molecule has 0 saturated heterocycles. The maximum absolute atomic E-state index is 4.26. The molecular formula is C6H10NPS. The van der Waals surface area contributed by atoms with Crippen LogP contribution in [0.2, 0.25) is 0 Å². The van der Waals surface area contributed by atoms with Gasteiger partial charge in [0.25, 0.3) is 0 Å². The zero-order chi connectivity index (χ0) is 6.85. The molecule has 0 aliphatic rings. The van der Waals surface area contributed by atoms with E-state index in [1.807, 2.05) is 5.51 Å². The first kappa shape index (κ1) is 7.17. The Balaban J connectivity index is 2.94. The number of thiazole rings is 1. The van der Waals surface area contributed by atoms with Crippen LogP contribution in [0.25, 0.3) is 0 Å². The van der Waals surface area contributed by atoms with Gasteiger partial charge < -0.3 is 0 Å². The average Bonchev–Trinajstić information content (AvgIpc) is 2.13. The molecule has 0 saturated carbocycles. The molecule has 0 amide bonds. The van der Waals surface area contributed by atoms with Crippen molar-refractivity contribution in [3.8, 4) is 0 Å². The Labute approximate surface area is 60.9 Å². The monoisotopic (exact) mass is 159 g/mol. The van der Waals surface area contributed by atoms with Gasteiger partial charge in [-0.1, -0.05) is 7.92 Å². The number of aromatic nitrogens is 1. The summed E-state index contributed by atoms with van der Waals surface area (Å²) in [5, 5.41) is 0. The number of nitrogens with zero attached hydrogens (tertiary/aromatic N) is 1. The van der Waals surface area contributed by atoms with Crippen molar-refractivity contribution >= 4 is 24.7 Å². The zero-order valence-corrected chi connectivity index (χ0v) is 7.59. The van der Waals surface area contributed by atoms with Gasteiger partial charge in [0.05, 0.1) is 10.9 Å². The Bertz CT molecular complexity index is 195. The lowest BCUT2D eigenvalue weighted by molar-refractivity contribution is 1.46. The molecule has 0 aliphatic carbocycles. The molecule has 1 aromatic heterocycles. The van der Waals surface area contributed by atoms with Crippen molar-refractivity contribution < 1.29 is 0 Å². The lowest BCUT2D eigenvalue weighted by Gasteiger charge is -1.99. The second-order valence-corrected chi connectivity index (χ2v) is 5.40. The smallest absolute Gasteiger partial charge is 0.0802 e. The third kappa shape index (κ3) is 1.50. The highest BCUT2D eigenvalue weighted by Crippen LogP contribution is 2.25. The van der Waals surface area contributed by atoms with Gasteiger partial charge in [-0.05, 0) is 20.3 Å². The minimum absolute atomic E-state index is 0.0199. The Morgan fingerprint density at radius 1 is 1.56 bits per heavy atom. The van der Waals surface area contributed by atoms with Crippen LogP contribution in [0.15, 0.2) is 5.51 Å². The summed E-state index contributed by atoms with van der Waals surface area (Å²) in [5.41, 5.74) is 3.24. The van der Waals surface area contributed by atoms with E-state index in [1.165, 1.54) is 10.3 Å². The summed E-state index contributed by atoms with van der Waals surface area (Å²) >= 11 is 1.74. The third-order valence-electron chi connectivity index (χ3n) is 1.14. The van der Waals surface area contributed by atoms with Crippen molar-refractivity contribution in [2.24, 2.45) is 0 Å². The van der Waals surface area contributed by atoms with Crippen molar-refractivity contribution in [1.29, 1.82) is 0 Å². The summed E-state index contributed by atoms with van der Waals surface area (Å²) in [7, 11) is 0.0199. The predicted molar refractivity (Wildman–Crippen MR) is 45.3 cm³/mol. The Morgan fingerprint density at radius 2 is 2.22 bits per heavy atom. The maximum Gasteiger partial charge on any atom is 0.0802 e. The first-order valence-electron chi connectivity index (χ1n) is 2.79. The maximum atomic E-state index is 4.26. The zero-order valence-electron chi connectivity index (χ0n) is 5.88. The van der Waals surface area contributed by atoms with E-state index in [9.17, 15) is 0 Å². The highest BCUT2D eigenvalue weighted by atomic mass is 32.1. The first-order chi connectivity index (χ1) is 4.22. The molecule has 0 radical (unpaired) electrons. The van der Waals surface area contributed by atoms with Gasteiger partial charge in [-0.15, -0.1) is 11.3 Å². The van der Waals surface area contributed by atoms with Crippen LogP contribution in [0.4, 0.5) is 0 Å². The molecule has 1 aromatic rings. The van der Waals surface area contributed by atoms with E-state index in [2.05, 4.69) is 25.2 Å². The SMILES string of the molecule is Cc1scnc1P(C)C. The van der Waals surface area contributed by atoms with Crippen molar-refractivity contribution in [3.63, 3.8) is 0 Å². The second-order valence-electron chi connectivity index (χ2n) is 2.13. The van der Waals surface area contributed by atoms with Crippen LogP contribution in [-0.2, 0) is 0 Å². The molecule has 1 heterocycles. The molecule has 0 aliphatic heterocycles. The predicted octanol–water partition coefficient (Wildman–Crippen LogP) is 1.82. The molecule has 0 N–H and O–H groups in total. The molecule has 1 rings (SSSR count). The van der Waals surface area contributed by atoms with E-state index in [1.54, 1.807) is 11.3 Å². The molecule has 0 spiro atoms. The highest BCUT2D eigenvalue weighted by molar-refractivity contribution is 7.64. The van der Waals surface area contributed by atoms with E-state index in [0.29, 0.717) is 0 Å². The van der Waals surface area contributed by atoms with Gasteiger partial charge in [-0.3, -0.25) is 0 Å². The van der Waals surface area contributed by atoms with Crippen LogP contribution >= 0.6 is 19.3 Å². The number of hydrogen-bond acceptors (Lipinski definition) is 2. The fourth-order valence-electron chi connectivity index (χ4n) is 0.729. The topological polar surface area (TPSA) is 12.9 Å². The lowest BCUT2D eigenvalue weighted by atomic mass is 10.6. The standard InChI is InChI=1S/C6H10NPS/c1-5-6(8(2)3)7-4-9-5/h4H,1-3H3. The van der Waals surface area contributed by atoms with Crippen molar-refractivity contribution in [2.45, 2.75) is 6.92 Å². The van der Waals surface area contributed by atoms with E-state index < -0.39 is 0 Å². The van der Waals surface area contributed by atoms with Gasteiger partial charge in [-0.2, -0.15) is 0 Å². The highest BCUT2D eigenvalue weighted by Gasteiger charge is 2.03. The summed E-state index contributed by atoms with van der Waals surface area (Å²) in [5.74, 6) is 0. The molecule has 3 heteroatoms. The van der Waals surface area contributed by atoms with Crippen molar-refractivity contribution in [3.05, 3.63) is 10.4 Å². The van der Waals surface area contributed by atoms with Crippen LogP contribution in [-0.4, -0.2) is 18.3 Å². The quantitative estimate of drug-likeness (QED) is 0.569. The molecule has 0 aromatic carbocycles. The van der Waals surface area contributed by atoms with Gasteiger partial charge in [0.2, 0.25) is 0 Å². The van der Waals surface area contributed by atoms with Gasteiger partial charge in [0.15, 0.2) is 0 Å². The molecule has 1 nitrogen and oxygen atoms in total. The molecule has 0 fully saturated rings. The molecule has 0 bridgehead atoms. The number of hydrogen-bond donors (Lipinski definition) is 0. The van der Waals surface area contributed by atoms with Crippen LogP contribution in [0, 0.1) is 6.92 Å². The summed E-state index contributed by atoms with van der Waals surface area (Å²) in [6.45, 7) is 6.60. The van der Waals surface area contributed by atoms with E-state index in [4.69, 9.17) is 0 Å². The van der Waals surface area contributed by atoms with Crippen LogP contribution < -0.4 is 5.44 Å². The molecular weight excluding hydrogens is 149 g/mol. The van der Waals surface area contributed by atoms with Gasteiger partial charge >= 0.3 is 0 Å². The summed E-state index contributed by atoms with van der Waals surface area (Å²) in [6.07, 6.45) is 0. The van der Waals surface area contributed by atoms with E-state index in [0.717, 1.165) is 0 Å². The molecule has 9 heavy (non-hydrogen) atoms. The Kier molecular flexibility index (Phi) is 2.20. The molecule has 50 valence electrons. The fourth-order valence-corrected chi connectivity index (χ4v) is 2.91. The minimum Gasteiger partial charge on any atom is -0.245 e. The van der Waals surface area contributed by atoms with E-state index in [-0.39, 0.29) is 7.92 Å². The van der Waals surface area contributed by atoms with Gasteiger partial charge in [-0.25, -0.2) is 4.98 Å². The normalized spacial score (nSPS) is 10.7. The minimum atomic E-state index is 0.0199. The largest absolute Gasteiger partial charge is 0.245 e. The summed E-state index contributed by atoms with van der Waals surface area (Å²) in [6, 6.07) is 0. The summed E-state index contributed by atoms with van der Waals surface area (Å²) < 4.78 is 0. The lowest BCUT2D eigenvalue weighted by Crippen LogP contribution is -2.01. The summed E-state index contributed by atoms with van der Waals surface area (Å²) in [4.78, 5) is 5.64. The van der Waals surface area contributed by atoms with Crippen LogP contribution in [0.1, 0.15) is 4.88 Å². The fraction of sp³-hybridized carbons (Fsp3) is 0.500. The van der Waals surface area contributed by atoms with Gasteiger partial charge in [0.1, 0.15) is 0 Å². The first-order valence-corrected chi connectivity index (χ1v) is 5.91. The number of aryl methyl sites for hydroxylation is 1. The average molecular weight is 159 g/mol. The molecule has 0 atom stereocenters. The van der Waals surface area contributed by atoms with Crippen LogP contribution in [0.5, 0.6) is 0 Å². The van der Waals surface area contributed by atoms with Crippen LogP contribution in [0.3, 0.4) is 0 Å². The third-order valence-corrected chi connectivity index (χ3v) is 3.35. The second kappa shape index (κ2) is 2.76. The van der Waals surface area contributed by atoms with E-state index >= 15 is 0 Å².